The molecule has 0 saturated carbocycles. The highest BCUT2D eigenvalue weighted by Crippen LogP contribution is 2.18. The van der Waals surface area contributed by atoms with Gasteiger partial charge in [0, 0.05) is 7.11 Å². The maximum Gasteiger partial charge on any atom is 0.338 e. The van der Waals surface area contributed by atoms with Crippen LogP contribution >= 0.6 is 0 Å². The quantitative estimate of drug-likeness (QED) is 0.672. The van der Waals surface area contributed by atoms with Gasteiger partial charge in [-0.3, -0.25) is 0 Å². The van der Waals surface area contributed by atoms with Gasteiger partial charge in [0.25, 0.3) is 0 Å². The summed E-state index contributed by atoms with van der Waals surface area (Å²) in [5.74, 6) is -1.12. The predicted octanol–water partition coefficient (Wildman–Crippen LogP) is 1.90. The van der Waals surface area contributed by atoms with Crippen LogP contribution in [0.15, 0.2) is 35.5 Å². The van der Waals surface area contributed by atoms with Crippen molar-refractivity contribution in [2.24, 2.45) is 0 Å². The van der Waals surface area contributed by atoms with E-state index in [1.54, 1.807) is 32.2 Å². The Morgan fingerprint density at radius 1 is 1.11 bits per heavy atom. The minimum atomic E-state index is -0.565. The normalized spacial score (nSPS) is 16.4. The highest BCUT2D eigenvalue weighted by molar-refractivity contribution is 5.95. The zero-order valence-electron chi connectivity index (χ0n) is 15.7. The van der Waals surface area contributed by atoms with E-state index in [-0.39, 0.29) is 24.5 Å². The second-order valence-electron chi connectivity index (χ2n) is 5.88. The molecule has 1 aliphatic rings. The van der Waals surface area contributed by atoms with Gasteiger partial charge >= 0.3 is 18.0 Å². The molecule has 1 aromatic rings. The number of hydrogen-bond acceptors (Lipinski definition) is 6. The second-order valence-corrected chi connectivity index (χ2v) is 5.88. The third kappa shape index (κ3) is 5.30. The van der Waals surface area contributed by atoms with E-state index in [4.69, 9.17) is 14.2 Å². The molecule has 0 unspecified atom stereocenters. The maximum atomic E-state index is 12.3. The third-order valence-electron chi connectivity index (χ3n) is 3.97. The van der Waals surface area contributed by atoms with Crippen LogP contribution in [0.25, 0.3) is 0 Å². The lowest BCUT2D eigenvalue weighted by Crippen LogP contribution is -2.51. The molecule has 0 aliphatic carbocycles. The summed E-state index contributed by atoms with van der Waals surface area (Å²) in [7, 11) is 1.57. The zero-order valence-corrected chi connectivity index (χ0v) is 15.7. The Bertz CT molecular complexity index is 743. The van der Waals surface area contributed by atoms with Crippen LogP contribution in [0.1, 0.15) is 36.2 Å². The Balaban J connectivity index is 2.18. The first-order chi connectivity index (χ1) is 13.0. The molecule has 2 N–H and O–H groups in total. The molecule has 0 fully saturated rings. The molecule has 8 heteroatoms. The molecule has 146 valence electrons. The van der Waals surface area contributed by atoms with Gasteiger partial charge < -0.3 is 24.8 Å². The summed E-state index contributed by atoms with van der Waals surface area (Å²) in [6.07, 6.45) is 0.498. The minimum absolute atomic E-state index is 0.200. The van der Waals surface area contributed by atoms with E-state index in [0.717, 1.165) is 5.56 Å². The van der Waals surface area contributed by atoms with E-state index in [0.29, 0.717) is 18.6 Å². The van der Waals surface area contributed by atoms with Gasteiger partial charge in [-0.2, -0.15) is 0 Å². The molecule has 1 atom stereocenters. The minimum Gasteiger partial charge on any atom is -0.463 e. The van der Waals surface area contributed by atoms with Crippen LogP contribution in [0, 0.1) is 0 Å². The average molecular weight is 376 g/mol. The molecule has 0 bridgehead atoms. The van der Waals surface area contributed by atoms with Crippen LogP contribution in [0.2, 0.25) is 0 Å². The van der Waals surface area contributed by atoms with E-state index in [1.165, 1.54) is 0 Å². The molecule has 1 aromatic carbocycles. The van der Waals surface area contributed by atoms with Gasteiger partial charge in [-0.1, -0.05) is 19.1 Å². The number of nitrogens with one attached hydrogen (secondary N) is 2. The van der Waals surface area contributed by atoms with Gasteiger partial charge in [-0.05, 0) is 31.0 Å². The average Bonchev–Trinajstić information content (AvgIpc) is 2.66. The fourth-order valence-electron chi connectivity index (χ4n) is 2.75. The van der Waals surface area contributed by atoms with Crippen LogP contribution in [-0.2, 0) is 25.6 Å². The summed E-state index contributed by atoms with van der Waals surface area (Å²) in [5, 5.41) is 5.20. The van der Waals surface area contributed by atoms with Crippen LogP contribution < -0.4 is 10.6 Å². The number of amides is 2. The topological polar surface area (TPSA) is 103 Å². The van der Waals surface area contributed by atoms with E-state index in [1.807, 2.05) is 13.0 Å². The number of benzene rings is 1. The van der Waals surface area contributed by atoms with Gasteiger partial charge in [-0.15, -0.1) is 0 Å². The summed E-state index contributed by atoms with van der Waals surface area (Å²) < 4.78 is 15.4. The Labute approximate surface area is 157 Å². The fourth-order valence-corrected chi connectivity index (χ4v) is 2.75. The van der Waals surface area contributed by atoms with Crippen molar-refractivity contribution in [3.05, 3.63) is 46.7 Å². The van der Waals surface area contributed by atoms with E-state index >= 15 is 0 Å². The lowest BCUT2D eigenvalue weighted by atomic mass is 10.0. The van der Waals surface area contributed by atoms with Gasteiger partial charge in [0.05, 0.1) is 36.1 Å². The highest BCUT2D eigenvalue weighted by atomic mass is 16.5. The number of esters is 2. The predicted molar refractivity (Wildman–Crippen MR) is 96.8 cm³/mol. The molecule has 2 amide bonds. The van der Waals surface area contributed by atoms with Gasteiger partial charge in [-0.25, -0.2) is 14.4 Å². The number of carbonyl (C=O) groups is 3. The van der Waals surface area contributed by atoms with Gasteiger partial charge in [0.15, 0.2) is 0 Å². The number of carbonyl (C=O) groups excluding carboxylic acids is 3. The number of ether oxygens (including phenoxy) is 3. The lowest BCUT2D eigenvalue weighted by molar-refractivity contribution is -0.139. The molecule has 1 heterocycles. The molecular formula is C19H24N2O6. The third-order valence-corrected chi connectivity index (χ3v) is 3.97. The Morgan fingerprint density at radius 3 is 2.56 bits per heavy atom. The fraction of sp³-hybridized carbons (Fsp3) is 0.421. The molecule has 8 nitrogen and oxygen atoms in total. The molecule has 0 saturated heterocycles. The van der Waals surface area contributed by atoms with Crippen molar-refractivity contribution < 1.29 is 28.6 Å². The number of rotatable bonds is 8. The molecule has 0 spiro atoms. The van der Waals surface area contributed by atoms with Crippen LogP contribution in [0.4, 0.5) is 4.79 Å². The van der Waals surface area contributed by atoms with Crippen LogP contribution in [0.3, 0.4) is 0 Å². The maximum absolute atomic E-state index is 12.3. The van der Waals surface area contributed by atoms with Crippen molar-refractivity contribution in [2.45, 2.75) is 32.9 Å². The summed E-state index contributed by atoms with van der Waals surface area (Å²) in [4.78, 5) is 36.5. The summed E-state index contributed by atoms with van der Waals surface area (Å²) in [6.45, 7) is 3.86. The second kappa shape index (κ2) is 9.72. The van der Waals surface area contributed by atoms with Crippen LogP contribution in [0.5, 0.6) is 0 Å². The Hall–Kier alpha value is -2.87. The van der Waals surface area contributed by atoms with Crippen molar-refractivity contribution >= 4 is 18.0 Å². The highest BCUT2D eigenvalue weighted by Gasteiger charge is 2.32. The smallest absolute Gasteiger partial charge is 0.338 e. The van der Waals surface area contributed by atoms with E-state index in [9.17, 15) is 14.4 Å². The summed E-state index contributed by atoms with van der Waals surface area (Å²) in [5.41, 5.74) is 1.68. The lowest BCUT2D eigenvalue weighted by Gasteiger charge is -2.28. The molecule has 1 aliphatic heterocycles. The monoisotopic (exact) mass is 376 g/mol. The van der Waals surface area contributed by atoms with E-state index in [2.05, 4.69) is 10.6 Å². The first kappa shape index (κ1) is 20.4. The van der Waals surface area contributed by atoms with Crippen molar-refractivity contribution in [1.82, 2.24) is 10.6 Å². The van der Waals surface area contributed by atoms with E-state index < -0.39 is 24.0 Å². The van der Waals surface area contributed by atoms with Crippen LogP contribution in [-0.4, -0.2) is 44.3 Å². The molecule has 0 aromatic heterocycles. The number of methoxy groups -OCH3 is 1. The van der Waals surface area contributed by atoms with Crippen molar-refractivity contribution in [3.63, 3.8) is 0 Å². The zero-order chi connectivity index (χ0) is 19.8. The molecule has 0 radical (unpaired) electrons. The van der Waals surface area contributed by atoms with Crippen molar-refractivity contribution in [3.8, 4) is 0 Å². The number of hydrogen-bond donors (Lipinski definition) is 2. The first-order valence-corrected chi connectivity index (χ1v) is 8.72. The largest absolute Gasteiger partial charge is 0.463 e. The van der Waals surface area contributed by atoms with Crippen molar-refractivity contribution in [1.29, 1.82) is 0 Å². The molecular weight excluding hydrogens is 352 g/mol. The first-order valence-electron chi connectivity index (χ1n) is 8.72. The van der Waals surface area contributed by atoms with Crippen molar-refractivity contribution in [2.75, 3.05) is 20.3 Å². The standard InChI is InChI=1S/C19H24N2O6/c1-4-14-16(18(23)26-5-2)15(21-19(24)20-14)11-27-17(22)13-8-6-7-12(9-13)10-25-3/h6-9,14H,4-5,10-11H2,1-3H3,(H2,20,21,24)/t14-/m0/s1. The summed E-state index contributed by atoms with van der Waals surface area (Å²) in [6, 6.07) is 5.90. The number of urea groups is 1. The Morgan fingerprint density at radius 2 is 1.89 bits per heavy atom. The Kier molecular flexibility index (Phi) is 7.36. The SMILES string of the molecule is CCOC(=O)C1=C(COC(=O)c2cccc(COC)c2)NC(=O)N[C@H]1CC. The van der Waals surface area contributed by atoms with Gasteiger partial charge in [0.1, 0.15) is 6.61 Å². The summed E-state index contributed by atoms with van der Waals surface area (Å²) >= 11 is 0. The molecule has 27 heavy (non-hydrogen) atoms. The molecule has 2 rings (SSSR count). The van der Waals surface area contributed by atoms with Gasteiger partial charge in [0.2, 0.25) is 0 Å².